The highest BCUT2D eigenvalue weighted by Gasteiger charge is 2.19. The van der Waals surface area contributed by atoms with E-state index in [9.17, 15) is 14.4 Å². The van der Waals surface area contributed by atoms with Gasteiger partial charge in [-0.05, 0) is 109 Å². The average Bonchev–Trinajstić information content (AvgIpc) is 3.38. The van der Waals surface area contributed by atoms with Gasteiger partial charge < -0.3 is 14.2 Å². The van der Waals surface area contributed by atoms with Crippen molar-refractivity contribution in [3.63, 3.8) is 0 Å². The van der Waals surface area contributed by atoms with E-state index in [0.29, 0.717) is 19.3 Å². The number of carbonyl (C=O) groups is 3. The molecule has 0 saturated heterocycles. The summed E-state index contributed by atoms with van der Waals surface area (Å²) in [6, 6.07) is 0. The molecular weight excluding hydrogens is 889 g/mol. The van der Waals surface area contributed by atoms with Gasteiger partial charge in [0.1, 0.15) is 13.2 Å². The molecule has 0 bridgehead atoms. The third-order valence-electron chi connectivity index (χ3n) is 13.4. The number of carbonyl (C=O) groups excluding carboxylic acids is 3. The minimum Gasteiger partial charge on any atom is -0.462 e. The van der Waals surface area contributed by atoms with E-state index in [1.165, 1.54) is 161 Å². The first kappa shape index (κ1) is 68.8. The van der Waals surface area contributed by atoms with E-state index in [1.54, 1.807) is 0 Å². The smallest absolute Gasteiger partial charge is 0.306 e. The van der Waals surface area contributed by atoms with Crippen molar-refractivity contribution in [2.75, 3.05) is 13.2 Å². The second kappa shape index (κ2) is 60.4. The van der Waals surface area contributed by atoms with Crippen LogP contribution in [0.5, 0.6) is 0 Å². The van der Waals surface area contributed by atoms with Gasteiger partial charge in [-0.25, -0.2) is 0 Å². The summed E-state index contributed by atoms with van der Waals surface area (Å²) in [5, 5.41) is 0. The molecule has 0 aliphatic rings. The van der Waals surface area contributed by atoms with E-state index in [-0.39, 0.29) is 31.1 Å². The Labute approximate surface area is 446 Å². The molecule has 6 nitrogen and oxygen atoms in total. The minimum absolute atomic E-state index is 0.0844. The number of allylic oxidation sites excluding steroid dienone is 12. The lowest BCUT2D eigenvalue weighted by Crippen LogP contribution is -2.30. The first-order chi connectivity index (χ1) is 35.5. The molecule has 0 fully saturated rings. The first-order valence-corrected chi connectivity index (χ1v) is 30.9. The summed E-state index contributed by atoms with van der Waals surface area (Å²) in [5.74, 6) is -0.901. The Balaban J connectivity index is 4.31. The number of rotatable bonds is 56. The Morgan fingerprint density at radius 1 is 0.278 bits per heavy atom. The van der Waals surface area contributed by atoms with E-state index in [4.69, 9.17) is 14.2 Å². The molecule has 6 heteroatoms. The number of esters is 3. The largest absolute Gasteiger partial charge is 0.462 e. The van der Waals surface area contributed by atoms with Gasteiger partial charge in [-0.3, -0.25) is 14.4 Å². The van der Waals surface area contributed by atoms with Crippen LogP contribution in [0.1, 0.15) is 310 Å². The predicted molar refractivity (Wildman–Crippen MR) is 311 cm³/mol. The van der Waals surface area contributed by atoms with Gasteiger partial charge in [-0.2, -0.15) is 0 Å². The zero-order valence-electron chi connectivity index (χ0n) is 47.7. The second-order valence-corrected chi connectivity index (χ2v) is 20.6. The zero-order valence-corrected chi connectivity index (χ0v) is 47.7. The molecule has 416 valence electrons. The summed E-state index contributed by atoms with van der Waals surface area (Å²) >= 11 is 0. The van der Waals surface area contributed by atoms with Crippen LogP contribution in [0.25, 0.3) is 0 Å². The van der Waals surface area contributed by atoms with Crippen molar-refractivity contribution >= 4 is 17.9 Å². The number of hydrogen-bond donors (Lipinski definition) is 0. The van der Waals surface area contributed by atoms with E-state index in [1.807, 2.05) is 0 Å². The maximum atomic E-state index is 12.9. The molecule has 0 aliphatic carbocycles. The van der Waals surface area contributed by atoms with Crippen molar-refractivity contribution in [2.24, 2.45) is 0 Å². The fraction of sp³-hybridized carbons (Fsp3) is 0.773. The standard InChI is InChI=1S/C66H116O6/c1-4-7-10-13-16-19-22-25-27-29-30-31-32-33-34-35-36-37-39-41-44-47-50-53-56-59-65(68)71-62-63(61-70-64(67)58-55-52-49-46-43-40-24-21-18-15-12-9-6-3)72-66(69)60-57-54-51-48-45-42-38-28-26-23-20-17-14-11-8-5-2/h12,15,21-22,24-25,28-30,32-33,38,63H,4-11,13-14,16-20,23,26-27,31,34-37,39-62H2,1-3H3/b15-12-,24-21-,25-22-,30-29-,33-32-,38-28-. The van der Waals surface area contributed by atoms with Crippen LogP contribution in [0, 0.1) is 0 Å². The topological polar surface area (TPSA) is 78.9 Å². The molecule has 0 aromatic carbocycles. The van der Waals surface area contributed by atoms with Crippen molar-refractivity contribution in [3.8, 4) is 0 Å². The zero-order chi connectivity index (χ0) is 52.2. The highest BCUT2D eigenvalue weighted by molar-refractivity contribution is 5.71. The molecule has 0 aromatic rings. The maximum Gasteiger partial charge on any atom is 0.306 e. The maximum absolute atomic E-state index is 12.9. The summed E-state index contributed by atoms with van der Waals surface area (Å²) < 4.78 is 16.9. The third kappa shape index (κ3) is 57.7. The van der Waals surface area contributed by atoms with Gasteiger partial charge >= 0.3 is 17.9 Å². The second-order valence-electron chi connectivity index (χ2n) is 20.6. The van der Waals surface area contributed by atoms with Gasteiger partial charge in [-0.15, -0.1) is 0 Å². The van der Waals surface area contributed by atoms with Crippen LogP contribution in [-0.2, 0) is 28.6 Å². The van der Waals surface area contributed by atoms with E-state index in [2.05, 4.69) is 93.7 Å². The molecule has 0 radical (unpaired) electrons. The van der Waals surface area contributed by atoms with Crippen molar-refractivity contribution in [1.29, 1.82) is 0 Å². The lowest BCUT2D eigenvalue weighted by Gasteiger charge is -2.18. The number of ether oxygens (including phenoxy) is 3. The van der Waals surface area contributed by atoms with E-state index < -0.39 is 6.10 Å². The minimum atomic E-state index is -0.788. The van der Waals surface area contributed by atoms with Crippen LogP contribution in [-0.4, -0.2) is 37.2 Å². The molecule has 0 saturated carbocycles. The fourth-order valence-electron chi connectivity index (χ4n) is 8.72. The Hall–Kier alpha value is -3.15. The fourth-order valence-corrected chi connectivity index (χ4v) is 8.72. The molecule has 0 rings (SSSR count). The molecule has 1 atom stereocenters. The van der Waals surface area contributed by atoms with E-state index >= 15 is 0 Å². The Morgan fingerprint density at radius 2 is 0.528 bits per heavy atom. The Kier molecular flexibility index (Phi) is 57.8. The average molecular weight is 1010 g/mol. The molecule has 0 heterocycles. The molecule has 0 N–H and O–H groups in total. The van der Waals surface area contributed by atoms with Crippen molar-refractivity contribution in [3.05, 3.63) is 72.9 Å². The van der Waals surface area contributed by atoms with Crippen LogP contribution in [0.4, 0.5) is 0 Å². The summed E-state index contributed by atoms with van der Waals surface area (Å²) in [5.41, 5.74) is 0. The summed E-state index contributed by atoms with van der Waals surface area (Å²) in [6.45, 7) is 6.56. The van der Waals surface area contributed by atoms with Crippen LogP contribution < -0.4 is 0 Å². The summed E-state index contributed by atoms with van der Waals surface area (Å²) in [4.78, 5) is 38.2. The van der Waals surface area contributed by atoms with Crippen molar-refractivity contribution in [2.45, 2.75) is 316 Å². The van der Waals surface area contributed by atoms with Gasteiger partial charge in [0.25, 0.3) is 0 Å². The van der Waals surface area contributed by atoms with Gasteiger partial charge in [-0.1, -0.05) is 254 Å². The van der Waals surface area contributed by atoms with Gasteiger partial charge in [0, 0.05) is 19.3 Å². The molecular formula is C66H116O6. The first-order valence-electron chi connectivity index (χ1n) is 30.9. The highest BCUT2D eigenvalue weighted by Crippen LogP contribution is 2.16. The van der Waals surface area contributed by atoms with Crippen LogP contribution in [0.3, 0.4) is 0 Å². The monoisotopic (exact) mass is 1000 g/mol. The van der Waals surface area contributed by atoms with Crippen molar-refractivity contribution in [1.82, 2.24) is 0 Å². The third-order valence-corrected chi connectivity index (χ3v) is 13.4. The Morgan fingerprint density at radius 3 is 0.847 bits per heavy atom. The van der Waals surface area contributed by atoms with Crippen LogP contribution >= 0.6 is 0 Å². The van der Waals surface area contributed by atoms with Gasteiger partial charge in [0.2, 0.25) is 0 Å². The summed E-state index contributed by atoms with van der Waals surface area (Å²) in [6.07, 6.45) is 77.6. The SMILES string of the molecule is CCC/C=C\C/C=C\CCCCCCCC(=O)OCC(COC(=O)CCCCCCCCCCCC/C=C\C/C=C\C/C=C\CCCCCCC)OC(=O)CCCCCCC/C=C\CCCCCCCCC. The molecule has 0 spiro atoms. The van der Waals surface area contributed by atoms with Crippen molar-refractivity contribution < 1.29 is 28.6 Å². The number of hydrogen-bond acceptors (Lipinski definition) is 6. The molecule has 0 amide bonds. The predicted octanol–water partition coefficient (Wildman–Crippen LogP) is 20.9. The normalized spacial score (nSPS) is 12.5. The van der Waals surface area contributed by atoms with Gasteiger partial charge in [0.15, 0.2) is 6.10 Å². The quantitative estimate of drug-likeness (QED) is 0.0261. The molecule has 0 aromatic heterocycles. The van der Waals surface area contributed by atoms with Crippen LogP contribution in [0.2, 0.25) is 0 Å². The van der Waals surface area contributed by atoms with Gasteiger partial charge in [0.05, 0.1) is 0 Å². The summed E-state index contributed by atoms with van der Waals surface area (Å²) in [7, 11) is 0. The molecule has 72 heavy (non-hydrogen) atoms. The lowest BCUT2D eigenvalue weighted by molar-refractivity contribution is -0.167. The highest BCUT2D eigenvalue weighted by atomic mass is 16.6. The Bertz CT molecular complexity index is 1340. The lowest BCUT2D eigenvalue weighted by atomic mass is 10.1. The molecule has 1 unspecified atom stereocenters. The van der Waals surface area contributed by atoms with E-state index in [0.717, 1.165) is 109 Å². The van der Waals surface area contributed by atoms with Crippen LogP contribution in [0.15, 0.2) is 72.9 Å². The number of unbranched alkanes of at least 4 members (excludes halogenated alkanes) is 33. The molecule has 0 aliphatic heterocycles.